The Hall–Kier alpha value is -3.13. The van der Waals surface area contributed by atoms with Crippen molar-refractivity contribution in [2.24, 2.45) is 16.8 Å². The number of nitriles is 1. The van der Waals surface area contributed by atoms with E-state index in [0.29, 0.717) is 24.6 Å². The number of likely N-dealkylation sites (tertiary alicyclic amines) is 1. The van der Waals surface area contributed by atoms with Crippen LogP contribution in [-0.4, -0.2) is 40.8 Å². The number of aliphatic imine (C=N–C) groups is 1. The molecule has 1 aliphatic carbocycles. The first-order chi connectivity index (χ1) is 15.0. The van der Waals surface area contributed by atoms with Gasteiger partial charge < -0.3 is 10.0 Å². The minimum Gasteiger partial charge on any atom is -0.512 e. The highest BCUT2D eigenvalue weighted by atomic mass is 16.3. The van der Waals surface area contributed by atoms with Crippen LogP contribution < -0.4 is 0 Å². The van der Waals surface area contributed by atoms with Gasteiger partial charge in [-0.3, -0.25) is 9.79 Å². The number of aliphatic hydroxyl groups excluding tert-OH is 1. The fourth-order valence-electron chi connectivity index (χ4n) is 4.97. The molecule has 2 unspecified atom stereocenters. The molecule has 0 aromatic heterocycles. The summed E-state index contributed by atoms with van der Waals surface area (Å²) in [6.07, 6.45) is 8.26. The first-order valence-corrected chi connectivity index (χ1v) is 11.0. The van der Waals surface area contributed by atoms with Crippen molar-refractivity contribution in [3.63, 3.8) is 0 Å². The summed E-state index contributed by atoms with van der Waals surface area (Å²) in [5.74, 6) is -0.0215. The molecule has 1 saturated heterocycles. The highest BCUT2D eigenvalue weighted by molar-refractivity contribution is 5.96. The highest BCUT2D eigenvalue weighted by Crippen LogP contribution is 2.34. The van der Waals surface area contributed by atoms with E-state index in [1.807, 2.05) is 4.90 Å². The standard InChI is InChI=1S/C26H29N3O2/c1-17-5-3-4-6-20(17)14-25-23(13-18(2)28-25)19-9-11-29(12-10-19)26(31)24-15-22(30)8-7-21(24)16-27/h3-8,13,19,24-25,30H,9-12,14-15H2,1-2H3. The van der Waals surface area contributed by atoms with E-state index in [2.05, 4.69) is 50.3 Å². The lowest BCUT2D eigenvalue weighted by molar-refractivity contribution is -0.135. The number of rotatable bonds is 4. The van der Waals surface area contributed by atoms with Gasteiger partial charge >= 0.3 is 0 Å². The maximum atomic E-state index is 13.0. The number of amides is 1. The topological polar surface area (TPSA) is 76.7 Å². The van der Waals surface area contributed by atoms with Gasteiger partial charge in [0.2, 0.25) is 5.91 Å². The Kier molecular flexibility index (Phi) is 6.08. The molecule has 1 fully saturated rings. The number of hydrogen-bond donors (Lipinski definition) is 1. The van der Waals surface area contributed by atoms with Gasteiger partial charge in [0.15, 0.2) is 0 Å². The molecule has 3 aliphatic rings. The van der Waals surface area contributed by atoms with Gasteiger partial charge in [0.1, 0.15) is 0 Å². The van der Waals surface area contributed by atoms with Crippen LogP contribution in [0.3, 0.4) is 0 Å². The SMILES string of the molecule is CC1=NC(Cc2ccccc2C)C(C2CCN(C(=O)C3CC(O)=CC=C3C#N)CC2)=C1. The minimum atomic E-state index is -0.559. The maximum absolute atomic E-state index is 13.0. The molecule has 1 aromatic carbocycles. The fraction of sp³-hybridized carbons (Fsp3) is 0.423. The Bertz CT molecular complexity index is 1030. The van der Waals surface area contributed by atoms with Gasteiger partial charge in [-0.1, -0.05) is 24.3 Å². The van der Waals surface area contributed by atoms with Crippen LogP contribution in [0.2, 0.25) is 0 Å². The molecule has 4 rings (SSSR count). The summed E-state index contributed by atoms with van der Waals surface area (Å²) in [4.78, 5) is 19.8. The Morgan fingerprint density at radius 3 is 2.68 bits per heavy atom. The lowest BCUT2D eigenvalue weighted by Crippen LogP contribution is -2.43. The number of carbonyl (C=O) groups excluding carboxylic acids is 1. The number of aryl methyl sites for hydroxylation is 1. The Labute approximate surface area is 184 Å². The summed E-state index contributed by atoms with van der Waals surface area (Å²) >= 11 is 0. The van der Waals surface area contributed by atoms with Crippen molar-refractivity contribution in [3.8, 4) is 6.07 Å². The predicted molar refractivity (Wildman–Crippen MR) is 122 cm³/mol. The lowest BCUT2D eigenvalue weighted by atomic mass is 9.82. The number of nitrogens with zero attached hydrogens (tertiary/aromatic N) is 3. The third-order valence-corrected chi connectivity index (χ3v) is 6.74. The summed E-state index contributed by atoms with van der Waals surface area (Å²) in [5.41, 5.74) is 5.55. The van der Waals surface area contributed by atoms with Crippen LogP contribution in [0, 0.1) is 30.1 Å². The van der Waals surface area contributed by atoms with Crippen LogP contribution in [-0.2, 0) is 11.2 Å². The number of carbonyl (C=O) groups is 1. The molecular formula is C26H29N3O2. The van der Waals surface area contributed by atoms with Crippen LogP contribution in [0.15, 0.2) is 64.4 Å². The van der Waals surface area contributed by atoms with E-state index >= 15 is 0 Å². The minimum absolute atomic E-state index is 0.0461. The third kappa shape index (κ3) is 4.49. The smallest absolute Gasteiger partial charge is 0.231 e. The molecule has 0 bridgehead atoms. The molecule has 1 amide bonds. The van der Waals surface area contributed by atoms with E-state index in [0.717, 1.165) is 25.0 Å². The average Bonchev–Trinajstić information content (AvgIpc) is 3.15. The van der Waals surface area contributed by atoms with Crippen molar-refractivity contribution < 1.29 is 9.90 Å². The molecular weight excluding hydrogens is 386 g/mol. The average molecular weight is 416 g/mol. The van der Waals surface area contributed by atoms with Crippen LogP contribution in [0.5, 0.6) is 0 Å². The normalized spacial score (nSPS) is 24.1. The van der Waals surface area contributed by atoms with E-state index < -0.39 is 5.92 Å². The number of allylic oxidation sites excluding steroid dienone is 4. The second-order valence-electron chi connectivity index (χ2n) is 8.81. The summed E-state index contributed by atoms with van der Waals surface area (Å²) in [6.45, 7) is 5.57. The molecule has 1 aromatic rings. The molecule has 0 saturated carbocycles. The summed E-state index contributed by atoms with van der Waals surface area (Å²) in [7, 11) is 0. The largest absolute Gasteiger partial charge is 0.512 e. The number of piperidine rings is 1. The van der Waals surface area contributed by atoms with Gasteiger partial charge in [0.05, 0.1) is 23.8 Å². The zero-order valence-corrected chi connectivity index (χ0v) is 18.2. The zero-order valence-electron chi connectivity index (χ0n) is 18.2. The molecule has 5 heteroatoms. The summed E-state index contributed by atoms with van der Waals surface area (Å²) in [6, 6.07) is 10.8. The Morgan fingerprint density at radius 2 is 1.97 bits per heavy atom. The second kappa shape index (κ2) is 8.93. The molecule has 160 valence electrons. The van der Waals surface area contributed by atoms with Gasteiger partial charge in [0, 0.05) is 30.8 Å². The van der Waals surface area contributed by atoms with Crippen molar-refractivity contribution >= 4 is 11.6 Å². The number of aliphatic hydroxyl groups is 1. The zero-order chi connectivity index (χ0) is 22.0. The van der Waals surface area contributed by atoms with E-state index in [1.54, 1.807) is 6.08 Å². The second-order valence-corrected chi connectivity index (χ2v) is 8.81. The van der Waals surface area contributed by atoms with E-state index in [-0.39, 0.29) is 24.1 Å². The first-order valence-electron chi connectivity index (χ1n) is 11.0. The molecule has 0 spiro atoms. The van der Waals surface area contributed by atoms with Crippen molar-refractivity contribution in [1.29, 1.82) is 5.26 Å². The first kappa shape index (κ1) is 21.1. The lowest BCUT2D eigenvalue weighted by Gasteiger charge is -2.36. The Balaban J connectivity index is 1.40. The van der Waals surface area contributed by atoms with E-state index in [9.17, 15) is 15.2 Å². The molecule has 1 N–H and O–H groups in total. The molecule has 2 heterocycles. The number of benzene rings is 1. The Morgan fingerprint density at radius 1 is 1.23 bits per heavy atom. The fourth-order valence-corrected chi connectivity index (χ4v) is 4.97. The molecule has 0 radical (unpaired) electrons. The maximum Gasteiger partial charge on any atom is 0.231 e. The van der Waals surface area contributed by atoms with Gasteiger partial charge in [-0.25, -0.2) is 0 Å². The summed E-state index contributed by atoms with van der Waals surface area (Å²) in [5, 5.41) is 19.2. The van der Waals surface area contributed by atoms with Crippen LogP contribution in [0.1, 0.15) is 37.3 Å². The van der Waals surface area contributed by atoms with Crippen molar-refractivity contribution in [1.82, 2.24) is 4.90 Å². The van der Waals surface area contributed by atoms with E-state index in [4.69, 9.17) is 4.99 Å². The molecule has 2 atom stereocenters. The monoisotopic (exact) mass is 415 g/mol. The van der Waals surface area contributed by atoms with Gasteiger partial charge in [-0.05, 0) is 74.0 Å². The molecule has 2 aliphatic heterocycles. The van der Waals surface area contributed by atoms with E-state index in [1.165, 1.54) is 22.8 Å². The van der Waals surface area contributed by atoms with Crippen molar-refractivity contribution in [2.45, 2.75) is 45.6 Å². The highest BCUT2D eigenvalue weighted by Gasteiger charge is 2.35. The van der Waals surface area contributed by atoms with Crippen molar-refractivity contribution in [3.05, 3.63) is 70.5 Å². The molecule has 5 nitrogen and oxygen atoms in total. The molecule has 31 heavy (non-hydrogen) atoms. The number of hydrogen-bond acceptors (Lipinski definition) is 4. The van der Waals surface area contributed by atoms with Crippen LogP contribution in [0.4, 0.5) is 0 Å². The third-order valence-electron chi connectivity index (χ3n) is 6.74. The van der Waals surface area contributed by atoms with Crippen molar-refractivity contribution in [2.75, 3.05) is 13.1 Å². The summed E-state index contributed by atoms with van der Waals surface area (Å²) < 4.78 is 0. The predicted octanol–water partition coefficient (Wildman–Crippen LogP) is 4.46. The van der Waals surface area contributed by atoms with Gasteiger partial charge in [-0.15, -0.1) is 0 Å². The quantitative estimate of drug-likeness (QED) is 0.789. The van der Waals surface area contributed by atoms with Crippen LogP contribution in [0.25, 0.3) is 0 Å². The van der Waals surface area contributed by atoms with Gasteiger partial charge in [-0.2, -0.15) is 5.26 Å². The van der Waals surface area contributed by atoms with Crippen LogP contribution >= 0.6 is 0 Å². The van der Waals surface area contributed by atoms with Gasteiger partial charge in [0.25, 0.3) is 0 Å².